The molecule has 1 aliphatic rings. The largest absolute Gasteiger partial charge is 0.484 e. The Bertz CT molecular complexity index is 1080. The summed E-state index contributed by atoms with van der Waals surface area (Å²) in [4.78, 5) is 25.3. The lowest BCUT2D eigenvalue weighted by molar-refractivity contribution is -0.135. The minimum absolute atomic E-state index is 0.0150. The molecule has 166 valence electrons. The molecule has 1 aromatic heterocycles. The molecule has 8 heteroatoms. The third-order valence-electron chi connectivity index (χ3n) is 5.31. The van der Waals surface area contributed by atoms with Crippen molar-refractivity contribution in [3.05, 3.63) is 71.5 Å². The number of hydrogen-bond acceptors (Lipinski definition) is 6. The van der Waals surface area contributed by atoms with Gasteiger partial charge in [0.1, 0.15) is 23.6 Å². The van der Waals surface area contributed by atoms with Crippen LogP contribution < -0.4 is 14.4 Å². The summed E-state index contributed by atoms with van der Waals surface area (Å²) in [5.74, 6) is 2.39. The van der Waals surface area contributed by atoms with Crippen LogP contribution in [0.4, 0.5) is 5.82 Å². The Kier molecular flexibility index (Phi) is 6.75. The summed E-state index contributed by atoms with van der Waals surface area (Å²) in [5, 5.41) is 0.522. The highest BCUT2D eigenvalue weighted by Gasteiger charge is 2.28. The average Bonchev–Trinajstić information content (AvgIpc) is 2.81. The quantitative estimate of drug-likeness (QED) is 0.554. The molecule has 1 amide bonds. The number of carbonyl (C=O) groups is 1. The zero-order valence-corrected chi connectivity index (χ0v) is 18.8. The lowest BCUT2D eigenvalue weighted by Crippen LogP contribution is -2.55. The van der Waals surface area contributed by atoms with Gasteiger partial charge in [-0.2, -0.15) is 0 Å². The Morgan fingerprint density at radius 3 is 2.72 bits per heavy atom. The second-order valence-corrected chi connectivity index (χ2v) is 8.14. The SMILES string of the molecule is Cc1ccc(Cl)c(Oc2cc(N3CCN(C(=O)COc4ccccc4)[C@@H](C)C3)ncn2)c1. The van der Waals surface area contributed by atoms with Crippen molar-refractivity contribution in [1.82, 2.24) is 14.9 Å². The Hall–Kier alpha value is -3.32. The molecule has 32 heavy (non-hydrogen) atoms. The molecule has 0 radical (unpaired) electrons. The number of rotatable bonds is 6. The summed E-state index contributed by atoms with van der Waals surface area (Å²) in [6, 6.07) is 16.8. The number of amides is 1. The summed E-state index contributed by atoms with van der Waals surface area (Å²) >= 11 is 6.24. The molecular formula is C24H25ClN4O3. The molecule has 7 nitrogen and oxygen atoms in total. The average molecular weight is 453 g/mol. The van der Waals surface area contributed by atoms with Crippen LogP contribution in [0.2, 0.25) is 5.02 Å². The number of hydrogen-bond donors (Lipinski definition) is 0. The van der Waals surface area contributed by atoms with Gasteiger partial charge in [0.15, 0.2) is 6.61 Å². The number of ether oxygens (including phenoxy) is 2. The van der Waals surface area contributed by atoms with Crippen molar-refractivity contribution < 1.29 is 14.3 Å². The molecule has 0 N–H and O–H groups in total. The molecule has 2 heterocycles. The summed E-state index contributed by atoms with van der Waals surface area (Å²) in [7, 11) is 0. The fraction of sp³-hybridized carbons (Fsp3) is 0.292. The number of piperazine rings is 1. The third-order valence-corrected chi connectivity index (χ3v) is 5.62. The molecule has 4 rings (SSSR count). The summed E-state index contributed by atoms with van der Waals surface area (Å²) in [6.45, 7) is 5.92. The van der Waals surface area contributed by atoms with Crippen molar-refractivity contribution >= 4 is 23.3 Å². The van der Waals surface area contributed by atoms with Crippen LogP contribution in [-0.4, -0.2) is 53.1 Å². The van der Waals surface area contributed by atoms with E-state index in [1.807, 2.05) is 61.2 Å². The number of carbonyl (C=O) groups excluding carboxylic acids is 1. The van der Waals surface area contributed by atoms with Gasteiger partial charge in [-0.15, -0.1) is 0 Å². The van der Waals surface area contributed by atoms with Crippen LogP contribution in [0.25, 0.3) is 0 Å². The van der Waals surface area contributed by atoms with E-state index in [2.05, 4.69) is 14.9 Å². The van der Waals surface area contributed by atoms with Crippen molar-refractivity contribution in [2.24, 2.45) is 0 Å². The predicted octanol–water partition coefficient (Wildman–Crippen LogP) is 4.35. The first-order valence-electron chi connectivity index (χ1n) is 10.5. The predicted molar refractivity (Wildman–Crippen MR) is 124 cm³/mol. The van der Waals surface area contributed by atoms with E-state index < -0.39 is 0 Å². The minimum Gasteiger partial charge on any atom is -0.484 e. The van der Waals surface area contributed by atoms with E-state index in [9.17, 15) is 4.79 Å². The highest BCUT2D eigenvalue weighted by molar-refractivity contribution is 6.32. The molecule has 1 saturated heterocycles. The minimum atomic E-state index is -0.0261. The Morgan fingerprint density at radius 2 is 1.94 bits per heavy atom. The van der Waals surface area contributed by atoms with E-state index in [1.54, 1.807) is 12.1 Å². The van der Waals surface area contributed by atoms with E-state index in [-0.39, 0.29) is 18.6 Å². The second-order valence-electron chi connectivity index (χ2n) is 7.73. The van der Waals surface area contributed by atoms with Gasteiger partial charge in [-0.05, 0) is 43.7 Å². The molecule has 1 atom stereocenters. The Morgan fingerprint density at radius 1 is 1.12 bits per heavy atom. The van der Waals surface area contributed by atoms with Gasteiger partial charge >= 0.3 is 0 Å². The maximum absolute atomic E-state index is 12.7. The lowest BCUT2D eigenvalue weighted by Gasteiger charge is -2.40. The second kappa shape index (κ2) is 9.87. The van der Waals surface area contributed by atoms with E-state index in [0.29, 0.717) is 42.0 Å². The van der Waals surface area contributed by atoms with Gasteiger partial charge in [-0.3, -0.25) is 4.79 Å². The normalized spacial score (nSPS) is 16.0. The van der Waals surface area contributed by atoms with E-state index in [0.717, 1.165) is 11.4 Å². The van der Waals surface area contributed by atoms with E-state index in [4.69, 9.17) is 21.1 Å². The van der Waals surface area contributed by atoms with Gasteiger partial charge < -0.3 is 19.3 Å². The number of aryl methyl sites for hydroxylation is 1. The molecule has 1 aliphatic heterocycles. The number of benzene rings is 2. The van der Waals surface area contributed by atoms with Crippen molar-refractivity contribution in [2.75, 3.05) is 31.1 Å². The number of aromatic nitrogens is 2. The van der Waals surface area contributed by atoms with Crippen molar-refractivity contribution in [1.29, 1.82) is 0 Å². The van der Waals surface area contributed by atoms with Gasteiger partial charge in [0.25, 0.3) is 5.91 Å². The maximum atomic E-state index is 12.7. The molecule has 2 aromatic carbocycles. The molecule has 1 fully saturated rings. The number of halogens is 1. The molecule has 0 bridgehead atoms. The number of anilines is 1. The van der Waals surface area contributed by atoms with E-state index >= 15 is 0 Å². The summed E-state index contributed by atoms with van der Waals surface area (Å²) in [6.07, 6.45) is 1.48. The Labute approximate surface area is 192 Å². The smallest absolute Gasteiger partial charge is 0.260 e. The lowest BCUT2D eigenvalue weighted by atomic mass is 10.2. The van der Waals surface area contributed by atoms with Crippen molar-refractivity contribution in [3.63, 3.8) is 0 Å². The molecule has 0 spiro atoms. The fourth-order valence-electron chi connectivity index (χ4n) is 3.64. The topological polar surface area (TPSA) is 67.8 Å². The van der Waals surface area contributed by atoms with Crippen LogP contribution in [0.1, 0.15) is 12.5 Å². The molecular weight excluding hydrogens is 428 g/mol. The summed E-state index contributed by atoms with van der Waals surface area (Å²) < 4.78 is 11.5. The molecule has 0 unspecified atom stereocenters. The molecule has 0 aliphatic carbocycles. The van der Waals surface area contributed by atoms with E-state index in [1.165, 1.54) is 6.33 Å². The van der Waals surface area contributed by atoms with Gasteiger partial charge in [-0.1, -0.05) is 35.9 Å². The van der Waals surface area contributed by atoms with Gasteiger partial charge in [-0.25, -0.2) is 9.97 Å². The zero-order valence-electron chi connectivity index (χ0n) is 18.1. The van der Waals surface area contributed by atoms with Crippen LogP contribution in [0.3, 0.4) is 0 Å². The highest BCUT2D eigenvalue weighted by Crippen LogP contribution is 2.30. The van der Waals surface area contributed by atoms with Crippen LogP contribution >= 0.6 is 11.6 Å². The molecule has 3 aromatic rings. The van der Waals surface area contributed by atoms with Crippen LogP contribution in [0.5, 0.6) is 17.4 Å². The van der Waals surface area contributed by atoms with Gasteiger partial charge in [0, 0.05) is 31.7 Å². The van der Waals surface area contributed by atoms with Crippen LogP contribution in [0, 0.1) is 6.92 Å². The highest BCUT2D eigenvalue weighted by atomic mass is 35.5. The Balaban J connectivity index is 1.37. The fourth-order valence-corrected chi connectivity index (χ4v) is 3.80. The monoisotopic (exact) mass is 452 g/mol. The number of para-hydroxylation sites is 1. The number of nitrogens with zero attached hydrogens (tertiary/aromatic N) is 4. The maximum Gasteiger partial charge on any atom is 0.260 e. The van der Waals surface area contributed by atoms with Crippen LogP contribution in [-0.2, 0) is 4.79 Å². The first kappa shape index (κ1) is 21.9. The first-order valence-corrected chi connectivity index (χ1v) is 10.9. The third kappa shape index (κ3) is 5.29. The van der Waals surface area contributed by atoms with Gasteiger partial charge in [0.05, 0.1) is 5.02 Å². The molecule has 0 saturated carbocycles. The summed E-state index contributed by atoms with van der Waals surface area (Å²) in [5.41, 5.74) is 1.05. The van der Waals surface area contributed by atoms with Crippen molar-refractivity contribution in [3.8, 4) is 17.4 Å². The standard InChI is InChI=1S/C24H25ClN4O3/c1-17-8-9-20(25)21(12-17)32-23-13-22(26-16-27-23)28-10-11-29(18(2)14-28)24(30)15-31-19-6-4-3-5-7-19/h3-9,12-13,16,18H,10-11,14-15H2,1-2H3/t18-/m0/s1. The van der Waals surface area contributed by atoms with Crippen molar-refractivity contribution in [2.45, 2.75) is 19.9 Å². The van der Waals surface area contributed by atoms with Crippen LogP contribution in [0.15, 0.2) is 60.9 Å². The van der Waals surface area contributed by atoms with Gasteiger partial charge in [0.2, 0.25) is 5.88 Å². The first-order chi connectivity index (χ1) is 15.5. The zero-order chi connectivity index (χ0) is 22.5.